The molecule has 1 aromatic carbocycles. The number of hydrogen-bond acceptors (Lipinski definition) is 6. The fourth-order valence-electron chi connectivity index (χ4n) is 0.772. The molecular weight excluding hydrogens is 220 g/mol. The summed E-state index contributed by atoms with van der Waals surface area (Å²) in [5.74, 6) is -0.587. The van der Waals surface area contributed by atoms with E-state index < -0.39 is 27.0 Å². The lowest BCUT2D eigenvalue weighted by Crippen LogP contribution is -1.92. The van der Waals surface area contributed by atoms with Crippen LogP contribution in [0.1, 0.15) is 6.92 Å². The van der Waals surface area contributed by atoms with E-state index in [1.165, 1.54) is 0 Å². The summed E-state index contributed by atoms with van der Waals surface area (Å²) in [6.45, 7) is 1.93. The maximum absolute atomic E-state index is 10.2. The van der Waals surface area contributed by atoms with Gasteiger partial charge in [-0.15, -0.1) is 0 Å². The summed E-state index contributed by atoms with van der Waals surface area (Å²) >= 11 is 0. The van der Waals surface area contributed by atoms with Crippen molar-refractivity contribution in [3.63, 3.8) is 0 Å². The lowest BCUT2D eigenvalue weighted by atomic mass is 10.2. The van der Waals surface area contributed by atoms with Gasteiger partial charge in [0.15, 0.2) is 5.75 Å². The molecule has 0 fully saturated rings. The van der Waals surface area contributed by atoms with E-state index in [4.69, 9.17) is 10.2 Å². The molecule has 0 amide bonds. The predicted octanol–water partition coefficient (Wildman–Crippen LogP) is 1.21. The lowest BCUT2D eigenvalue weighted by Gasteiger charge is -1.94. The average Bonchev–Trinajstić information content (AvgIpc) is 2.18. The topological polar surface area (TPSA) is 127 Å². The number of phenols is 1. The number of non-ortho nitro benzene ring substituents is 1. The fraction of sp³-hybridized carbons (Fsp3) is 0.250. The third kappa shape index (κ3) is 3.88. The average molecular weight is 230 g/mol. The van der Waals surface area contributed by atoms with Crippen LogP contribution in [0.3, 0.4) is 0 Å². The molecule has 0 spiro atoms. The van der Waals surface area contributed by atoms with Crippen molar-refractivity contribution in [2.24, 2.45) is 0 Å². The molecule has 0 atom stereocenters. The zero-order valence-corrected chi connectivity index (χ0v) is 8.36. The summed E-state index contributed by atoms with van der Waals surface area (Å²) in [6.07, 6.45) is 0. The summed E-state index contributed by atoms with van der Waals surface area (Å²) in [4.78, 5) is 18.7. The number of rotatable bonds is 2. The van der Waals surface area contributed by atoms with Crippen LogP contribution >= 0.6 is 0 Å². The minimum absolute atomic E-state index is 0.250. The second-order valence-corrected chi connectivity index (χ2v) is 2.50. The van der Waals surface area contributed by atoms with Gasteiger partial charge in [0.05, 0.1) is 15.9 Å². The number of phenolic OH excluding ortho intramolecular Hbond substituents is 1. The summed E-state index contributed by atoms with van der Waals surface area (Å²) in [7, 11) is 0. The summed E-state index contributed by atoms with van der Waals surface area (Å²) < 4.78 is 0. The van der Waals surface area contributed by atoms with Crippen molar-refractivity contribution < 1.29 is 20.1 Å². The molecule has 0 aliphatic heterocycles. The minimum atomic E-state index is -0.887. The monoisotopic (exact) mass is 230 g/mol. The summed E-state index contributed by atoms with van der Waals surface area (Å²) in [5, 5.41) is 36.9. The number of benzene rings is 1. The highest BCUT2D eigenvalue weighted by molar-refractivity contribution is 5.52. The number of aliphatic hydroxyl groups is 1. The molecule has 0 unspecified atom stereocenters. The van der Waals surface area contributed by atoms with Crippen LogP contribution in [-0.4, -0.2) is 26.7 Å². The fourth-order valence-corrected chi connectivity index (χ4v) is 0.772. The molecule has 2 N–H and O–H groups in total. The molecular formula is C8H10N2O6. The van der Waals surface area contributed by atoms with Crippen LogP contribution in [0.2, 0.25) is 0 Å². The predicted molar refractivity (Wildman–Crippen MR) is 54.2 cm³/mol. The van der Waals surface area contributed by atoms with E-state index >= 15 is 0 Å². The van der Waals surface area contributed by atoms with E-state index in [2.05, 4.69) is 0 Å². The molecule has 0 heterocycles. The Hall–Kier alpha value is -2.22. The van der Waals surface area contributed by atoms with Crippen LogP contribution in [0.4, 0.5) is 11.4 Å². The van der Waals surface area contributed by atoms with Gasteiger partial charge in [0, 0.05) is 12.7 Å². The third-order valence-electron chi connectivity index (χ3n) is 1.37. The standard InChI is InChI=1S/C6H4N2O5.C2H6O/c9-6-2-1-4(7(10)11)3-5(6)8(12)13;1-2-3/h1-3,9H;3H,2H2,1H3. The quantitative estimate of drug-likeness (QED) is 0.580. The number of nitro benzene ring substituents is 2. The number of nitrogens with zero attached hydrogens (tertiary/aromatic N) is 2. The van der Waals surface area contributed by atoms with Gasteiger partial charge in [0.25, 0.3) is 5.69 Å². The number of aromatic hydroxyl groups is 1. The van der Waals surface area contributed by atoms with Crippen LogP contribution < -0.4 is 0 Å². The van der Waals surface area contributed by atoms with Gasteiger partial charge in [-0.3, -0.25) is 20.2 Å². The Balaban J connectivity index is 0.000000673. The molecule has 8 nitrogen and oxygen atoms in total. The minimum Gasteiger partial charge on any atom is -0.502 e. The first-order valence-electron chi connectivity index (χ1n) is 4.16. The van der Waals surface area contributed by atoms with Crippen molar-refractivity contribution >= 4 is 11.4 Å². The Bertz CT molecular complexity index is 392. The first-order chi connectivity index (χ1) is 7.43. The van der Waals surface area contributed by atoms with Crippen molar-refractivity contribution in [1.82, 2.24) is 0 Å². The van der Waals surface area contributed by atoms with Gasteiger partial charge >= 0.3 is 5.69 Å². The van der Waals surface area contributed by atoms with E-state index in [0.29, 0.717) is 6.07 Å². The molecule has 1 rings (SSSR count). The van der Waals surface area contributed by atoms with E-state index in [1.807, 2.05) is 0 Å². The number of hydrogen-bond donors (Lipinski definition) is 2. The van der Waals surface area contributed by atoms with Crippen molar-refractivity contribution in [2.75, 3.05) is 6.61 Å². The van der Waals surface area contributed by atoms with Crippen LogP contribution in [0.25, 0.3) is 0 Å². The van der Waals surface area contributed by atoms with Crippen LogP contribution in [0.15, 0.2) is 18.2 Å². The van der Waals surface area contributed by atoms with Crippen molar-refractivity contribution in [1.29, 1.82) is 0 Å². The molecule has 0 bridgehead atoms. The molecule has 88 valence electrons. The molecule has 8 heteroatoms. The molecule has 0 aliphatic carbocycles. The van der Waals surface area contributed by atoms with Gasteiger partial charge < -0.3 is 10.2 Å². The molecule has 0 saturated carbocycles. The molecule has 0 saturated heterocycles. The third-order valence-corrected chi connectivity index (χ3v) is 1.37. The Morgan fingerprint density at radius 2 is 1.75 bits per heavy atom. The van der Waals surface area contributed by atoms with Gasteiger partial charge in [0.1, 0.15) is 0 Å². The van der Waals surface area contributed by atoms with Crippen molar-refractivity contribution in [2.45, 2.75) is 6.92 Å². The Morgan fingerprint density at radius 3 is 2.12 bits per heavy atom. The molecule has 0 radical (unpaired) electrons. The summed E-state index contributed by atoms with van der Waals surface area (Å²) in [5.41, 5.74) is -1.10. The molecule has 1 aromatic rings. The van der Waals surface area contributed by atoms with Crippen molar-refractivity contribution in [3.05, 3.63) is 38.4 Å². The number of nitro groups is 2. The first-order valence-corrected chi connectivity index (χ1v) is 4.16. The highest BCUT2D eigenvalue weighted by Gasteiger charge is 2.18. The van der Waals surface area contributed by atoms with Crippen LogP contribution in [0.5, 0.6) is 5.75 Å². The second kappa shape index (κ2) is 6.30. The highest BCUT2D eigenvalue weighted by Crippen LogP contribution is 2.29. The van der Waals surface area contributed by atoms with Gasteiger partial charge in [-0.25, -0.2) is 0 Å². The maximum Gasteiger partial charge on any atom is 0.317 e. The van der Waals surface area contributed by atoms with Gasteiger partial charge in [-0.2, -0.15) is 0 Å². The summed E-state index contributed by atoms with van der Waals surface area (Å²) in [6, 6.07) is 2.61. The van der Waals surface area contributed by atoms with Gasteiger partial charge in [-0.1, -0.05) is 0 Å². The lowest BCUT2D eigenvalue weighted by molar-refractivity contribution is -0.394. The van der Waals surface area contributed by atoms with E-state index in [-0.39, 0.29) is 6.61 Å². The zero-order valence-electron chi connectivity index (χ0n) is 8.36. The first kappa shape index (κ1) is 13.8. The molecule has 0 aromatic heterocycles. The SMILES string of the molecule is CCO.O=[N+]([O-])c1ccc(O)c([N+](=O)[O-])c1. The van der Waals surface area contributed by atoms with Crippen molar-refractivity contribution in [3.8, 4) is 5.75 Å². The second-order valence-electron chi connectivity index (χ2n) is 2.50. The van der Waals surface area contributed by atoms with Gasteiger partial charge in [0.2, 0.25) is 0 Å². The Kier molecular flexibility index (Phi) is 5.42. The van der Waals surface area contributed by atoms with Crippen LogP contribution in [0, 0.1) is 20.2 Å². The Morgan fingerprint density at radius 1 is 1.25 bits per heavy atom. The van der Waals surface area contributed by atoms with E-state index in [9.17, 15) is 20.2 Å². The van der Waals surface area contributed by atoms with Crippen LogP contribution in [-0.2, 0) is 0 Å². The maximum atomic E-state index is 10.2. The largest absolute Gasteiger partial charge is 0.502 e. The zero-order chi connectivity index (χ0) is 12.7. The number of aliphatic hydroxyl groups excluding tert-OH is 1. The smallest absolute Gasteiger partial charge is 0.317 e. The normalized spacial score (nSPS) is 8.88. The van der Waals surface area contributed by atoms with Gasteiger partial charge in [-0.05, 0) is 13.0 Å². The highest BCUT2D eigenvalue weighted by atomic mass is 16.6. The Labute approximate surface area is 90.1 Å². The van der Waals surface area contributed by atoms with E-state index in [1.54, 1.807) is 6.92 Å². The molecule has 16 heavy (non-hydrogen) atoms. The molecule has 0 aliphatic rings. The van der Waals surface area contributed by atoms with E-state index in [0.717, 1.165) is 12.1 Å².